The van der Waals surface area contributed by atoms with Gasteiger partial charge in [0.1, 0.15) is 5.69 Å². The maximum Gasteiger partial charge on any atom is 0.268 e. The van der Waals surface area contributed by atoms with E-state index in [0.717, 1.165) is 12.8 Å². The summed E-state index contributed by atoms with van der Waals surface area (Å²) in [4.78, 5) is 12.5. The van der Waals surface area contributed by atoms with Crippen LogP contribution in [0.25, 0.3) is 0 Å². The molecule has 1 amide bonds. The van der Waals surface area contributed by atoms with Gasteiger partial charge in [-0.15, -0.1) is 0 Å². The van der Waals surface area contributed by atoms with E-state index >= 15 is 0 Å². The molecule has 0 radical (unpaired) electrons. The third kappa shape index (κ3) is 3.68. The molecule has 0 atom stereocenters. The lowest BCUT2D eigenvalue weighted by atomic mass is 10.2. The Morgan fingerprint density at radius 2 is 1.96 bits per heavy atom. The lowest BCUT2D eigenvalue weighted by Crippen LogP contribution is -2.26. The Balaban J connectivity index is 1.69. The van der Waals surface area contributed by atoms with Crippen molar-refractivity contribution in [1.29, 1.82) is 0 Å². The Labute approximate surface area is 141 Å². The number of hydrogen-bond acceptors (Lipinski definition) is 3. The van der Waals surface area contributed by atoms with Gasteiger partial charge in [-0.05, 0) is 42.7 Å². The molecule has 0 aliphatic heterocycles. The third-order valence-corrected chi connectivity index (χ3v) is 5.32. The fraction of sp³-hybridized carbons (Fsp3) is 0.353. The quantitative estimate of drug-likeness (QED) is 0.868. The molecule has 2 aromatic rings. The minimum atomic E-state index is -3.74. The van der Waals surface area contributed by atoms with Crippen molar-refractivity contribution in [3.05, 3.63) is 53.9 Å². The van der Waals surface area contributed by atoms with Gasteiger partial charge < -0.3 is 9.88 Å². The van der Waals surface area contributed by atoms with Crippen LogP contribution in [-0.2, 0) is 16.6 Å². The predicted octanol–water partition coefficient (Wildman–Crippen LogP) is 2.18. The van der Waals surface area contributed by atoms with Crippen molar-refractivity contribution in [2.24, 2.45) is 5.14 Å². The minimum absolute atomic E-state index is 0.0450. The Kier molecular flexibility index (Phi) is 4.73. The van der Waals surface area contributed by atoms with Gasteiger partial charge in [-0.25, -0.2) is 13.6 Å². The number of carbonyl (C=O) groups is 1. The lowest BCUT2D eigenvalue weighted by Gasteiger charge is -2.16. The normalized spacial score (nSPS) is 15.5. The van der Waals surface area contributed by atoms with Crippen molar-refractivity contribution in [3.8, 4) is 0 Å². The molecular weight excluding hydrogens is 326 g/mol. The monoisotopic (exact) mass is 347 g/mol. The van der Waals surface area contributed by atoms with Crippen LogP contribution in [0.2, 0.25) is 0 Å². The van der Waals surface area contributed by atoms with E-state index in [2.05, 4.69) is 5.32 Å². The molecule has 1 saturated carbocycles. The molecule has 3 rings (SSSR count). The third-order valence-electron chi connectivity index (χ3n) is 4.41. The molecule has 128 valence electrons. The summed E-state index contributed by atoms with van der Waals surface area (Å²) in [5, 5.41) is 7.98. The SMILES string of the molecule is NS(=O)(=O)c1cccc(CNC(=O)c2cccn2C2CCCC2)c1. The van der Waals surface area contributed by atoms with Crippen LogP contribution in [0, 0.1) is 0 Å². The van der Waals surface area contributed by atoms with Crippen molar-refractivity contribution in [2.75, 3.05) is 0 Å². The summed E-state index contributed by atoms with van der Waals surface area (Å²) in [6.07, 6.45) is 6.55. The van der Waals surface area contributed by atoms with E-state index in [-0.39, 0.29) is 17.3 Å². The molecule has 0 bridgehead atoms. The molecule has 24 heavy (non-hydrogen) atoms. The summed E-state index contributed by atoms with van der Waals surface area (Å²) in [6.45, 7) is 0.248. The first-order valence-corrected chi connectivity index (χ1v) is 9.56. The summed E-state index contributed by atoms with van der Waals surface area (Å²) >= 11 is 0. The zero-order valence-electron chi connectivity index (χ0n) is 13.3. The van der Waals surface area contributed by atoms with Gasteiger partial charge in [0.05, 0.1) is 4.90 Å². The molecule has 1 aromatic carbocycles. The molecule has 3 N–H and O–H groups in total. The number of nitrogens with one attached hydrogen (secondary N) is 1. The smallest absolute Gasteiger partial charge is 0.268 e. The van der Waals surface area contributed by atoms with Crippen LogP contribution in [0.15, 0.2) is 47.5 Å². The highest BCUT2D eigenvalue weighted by molar-refractivity contribution is 7.89. The zero-order valence-corrected chi connectivity index (χ0v) is 14.1. The van der Waals surface area contributed by atoms with Crippen molar-refractivity contribution >= 4 is 15.9 Å². The molecule has 1 aliphatic carbocycles. The van der Waals surface area contributed by atoms with Crippen LogP contribution in [-0.4, -0.2) is 18.9 Å². The summed E-state index contributed by atoms with van der Waals surface area (Å²) in [7, 11) is -3.74. The van der Waals surface area contributed by atoms with Gasteiger partial charge in [0, 0.05) is 18.8 Å². The van der Waals surface area contributed by atoms with Crippen LogP contribution < -0.4 is 10.5 Å². The average molecular weight is 347 g/mol. The topological polar surface area (TPSA) is 94.2 Å². The number of carbonyl (C=O) groups excluding carboxylic acids is 1. The number of benzene rings is 1. The van der Waals surface area contributed by atoms with Gasteiger partial charge >= 0.3 is 0 Å². The molecule has 0 spiro atoms. The average Bonchev–Trinajstić information content (AvgIpc) is 3.22. The lowest BCUT2D eigenvalue weighted by molar-refractivity contribution is 0.0939. The van der Waals surface area contributed by atoms with Gasteiger partial charge in [-0.3, -0.25) is 4.79 Å². The number of hydrogen-bond donors (Lipinski definition) is 2. The molecule has 0 saturated heterocycles. The highest BCUT2D eigenvalue weighted by Crippen LogP contribution is 2.30. The van der Waals surface area contributed by atoms with Crippen LogP contribution >= 0.6 is 0 Å². The number of nitrogens with two attached hydrogens (primary N) is 1. The Morgan fingerprint density at radius 3 is 2.67 bits per heavy atom. The summed E-state index contributed by atoms with van der Waals surface area (Å²) < 4.78 is 24.8. The van der Waals surface area contributed by atoms with Crippen LogP contribution in [0.3, 0.4) is 0 Å². The first kappa shape index (κ1) is 16.7. The number of sulfonamides is 1. The number of rotatable bonds is 5. The van der Waals surface area contributed by atoms with Gasteiger partial charge in [0.2, 0.25) is 10.0 Å². The molecular formula is C17H21N3O3S. The second-order valence-corrected chi connectivity index (χ2v) is 7.68. The largest absolute Gasteiger partial charge is 0.347 e. The van der Waals surface area contributed by atoms with Gasteiger partial charge in [0.15, 0.2) is 0 Å². The van der Waals surface area contributed by atoms with E-state index < -0.39 is 10.0 Å². The Morgan fingerprint density at radius 1 is 1.21 bits per heavy atom. The summed E-state index contributed by atoms with van der Waals surface area (Å²) in [6, 6.07) is 10.4. The molecule has 1 aliphatic rings. The van der Waals surface area contributed by atoms with Crippen molar-refractivity contribution in [2.45, 2.75) is 43.2 Å². The molecule has 1 heterocycles. The Bertz CT molecular complexity index is 836. The molecule has 1 aromatic heterocycles. The van der Waals surface area contributed by atoms with E-state index in [1.54, 1.807) is 12.1 Å². The van der Waals surface area contributed by atoms with E-state index in [1.165, 1.54) is 25.0 Å². The first-order chi connectivity index (χ1) is 11.4. The van der Waals surface area contributed by atoms with Crippen LogP contribution in [0.4, 0.5) is 0 Å². The fourth-order valence-electron chi connectivity index (χ4n) is 3.19. The zero-order chi connectivity index (χ0) is 17.2. The minimum Gasteiger partial charge on any atom is -0.347 e. The molecule has 6 nitrogen and oxygen atoms in total. The number of amides is 1. The summed E-state index contributed by atoms with van der Waals surface area (Å²) in [5.74, 6) is -0.159. The van der Waals surface area contributed by atoms with Crippen LogP contribution in [0.1, 0.15) is 47.8 Å². The van der Waals surface area contributed by atoms with Crippen molar-refractivity contribution in [3.63, 3.8) is 0 Å². The van der Waals surface area contributed by atoms with Gasteiger partial charge in [-0.2, -0.15) is 0 Å². The van der Waals surface area contributed by atoms with E-state index in [0.29, 0.717) is 17.3 Å². The molecule has 1 fully saturated rings. The van der Waals surface area contributed by atoms with E-state index in [4.69, 9.17) is 5.14 Å². The second-order valence-electron chi connectivity index (χ2n) is 6.11. The maximum absolute atomic E-state index is 12.5. The number of aromatic nitrogens is 1. The van der Waals surface area contributed by atoms with Crippen molar-refractivity contribution < 1.29 is 13.2 Å². The summed E-state index contributed by atoms with van der Waals surface area (Å²) in [5.41, 5.74) is 1.33. The highest BCUT2D eigenvalue weighted by Gasteiger charge is 2.21. The Hall–Kier alpha value is -2.12. The maximum atomic E-state index is 12.5. The fourth-order valence-corrected chi connectivity index (χ4v) is 3.78. The van der Waals surface area contributed by atoms with Crippen LogP contribution in [0.5, 0.6) is 0 Å². The predicted molar refractivity (Wildman–Crippen MR) is 90.9 cm³/mol. The standard InChI is InChI=1S/C17H21N3O3S/c18-24(22,23)15-8-3-5-13(11-15)12-19-17(21)16-9-4-10-20(16)14-6-1-2-7-14/h3-5,8-11,14H,1-2,6-7,12H2,(H,19,21)(H2,18,22,23). The van der Waals surface area contributed by atoms with Crippen molar-refractivity contribution in [1.82, 2.24) is 9.88 Å². The number of nitrogens with zero attached hydrogens (tertiary/aromatic N) is 1. The van der Waals surface area contributed by atoms with E-state index in [1.807, 2.05) is 22.9 Å². The second kappa shape index (κ2) is 6.78. The van der Waals surface area contributed by atoms with E-state index in [9.17, 15) is 13.2 Å². The first-order valence-electron chi connectivity index (χ1n) is 8.02. The molecule has 0 unspecified atom stereocenters. The van der Waals surface area contributed by atoms with Gasteiger partial charge in [0.25, 0.3) is 5.91 Å². The number of primary sulfonamides is 1. The van der Waals surface area contributed by atoms with Gasteiger partial charge in [-0.1, -0.05) is 25.0 Å². The molecule has 7 heteroatoms. The highest BCUT2D eigenvalue weighted by atomic mass is 32.2.